The second kappa shape index (κ2) is 4.51. The van der Waals surface area contributed by atoms with E-state index in [1.54, 1.807) is 0 Å². The zero-order valence-electron chi connectivity index (χ0n) is 10.3. The number of rotatable bonds is 0. The molecule has 21 heavy (non-hydrogen) atoms. The Morgan fingerprint density at radius 3 is 1.76 bits per heavy atom. The summed E-state index contributed by atoms with van der Waals surface area (Å²) in [6.45, 7) is 0. The molecule has 0 aromatic heterocycles. The number of fused-ring (bicyclic) bond motifs is 2. The topological polar surface area (TPSA) is 34.1 Å². The average molecular weight is 294 g/mol. The van der Waals surface area contributed by atoms with Gasteiger partial charge in [0.1, 0.15) is 0 Å². The van der Waals surface area contributed by atoms with E-state index in [1.807, 2.05) is 0 Å². The van der Waals surface area contributed by atoms with Gasteiger partial charge in [-0.15, -0.1) is 0 Å². The highest BCUT2D eigenvalue weighted by Gasteiger charge is 2.29. The van der Waals surface area contributed by atoms with Crippen molar-refractivity contribution in [2.24, 2.45) is 0 Å². The zero-order chi connectivity index (χ0) is 15.3. The molecule has 2 aromatic rings. The van der Waals surface area contributed by atoms with E-state index in [9.17, 15) is 27.2 Å². The Kier molecular flexibility index (Phi) is 2.90. The fourth-order valence-corrected chi connectivity index (χ4v) is 2.32. The average Bonchev–Trinajstić information content (AvgIpc) is 2.51. The molecule has 6 heteroatoms. The van der Waals surface area contributed by atoms with Crippen LogP contribution in [0.15, 0.2) is 24.3 Å². The van der Waals surface area contributed by atoms with Crippen molar-refractivity contribution in [2.75, 3.05) is 0 Å². The Morgan fingerprint density at radius 2 is 1.14 bits per heavy atom. The Balaban J connectivity index is 2.30. The van der Waals surface area contributed by atoms with Crippen molar-refractivity contribution in [3.05, 3.63) is 69.8 Å². The number of benzene rings is 2. The molecule has 0 aliphatic heterocycles. The molecule has 0 bridgehead atoms. The molecule has 2 nitrogen and oxygen atoms in total. The van der Waals surface area contributed by atoms with Crippen molar-refractivity contribution in [1.82, 2.24) is 0 Å². The molecule has 0 atom stereocenters. The molecule has 2 aromatic carbocycles. The Bertz CT molecular complexity index is 812. The maximum Gasteiger partial charge on any atom is 0.194 e. The van der Waals surface area contributed by atoms with Crippen molar-refractivity contribution in [2.45, 2.75) is 6.42 Å². The first-order chi connectivity index (χ1) is 9.88. The van der Waals surface area contributed by atoms with Crippen LogP contribution in [-0.2, 0) is 6.42 Å². The molecule has 0 fully saturated rings. The summed E-state index contributed by atoms with van der Waals surface area (Å²) < 4.78 is 53.0. The van der Waals surface area contributed by atoms with Crippen LogP contribution in [0.1, 0.15) is 31.8 Å². The molecule has 1 aliphatic rings. The van der Waals surface area contributed by atoms with Gasteiger partial charge in [0.15, 0.2) is 34.8 Å². The Hall–Kier alpha value is -2.50. The molecule has 0 heterocycles. The summed E-state index contributed by atoms with van der Waals surface area (Å²) in [5, 5.41) is 0. The van der Waals surface area contributed by atoms with E-state index in [2.05, 4.69) is 0 Å². The molecular weight excluding hydrogens is 288 g/mol. The van der Waals surface area contributed by atoms with Crippen LogP contribution < -0.4 is 0 Å². The van der Waals surface area contributed by atoms with E-state index in [-0.39, 0.29) is 22.3 Å². The van der Waals surface area contributed by atoms with Crippen LogP contribution in [-0.4, -0.2) is 11.6 Å². The minimum Gasteiger partial charge on any atom is -0.294 e. The molecule has 0 amide bonds. The van der Waals surface area contributed by atoms with Crippen molar-refractivity contribution < 1.29 is 27.2 Å². The smallest absolute Gasteiger partial charge is 0.194 e. The van der Waals surface area contributed by atoms with Gasteiger partial charge in [0, 0.05) is 23.1 Å². The van der Waals surface area contributed by atoms with E-state index in [0.717, 1.165) is 6.07 Å². The second-order valence-corrected chi connectivity index (χ2v) is 4.66. The van der Waals surface area contributed by atoms with Crippen molar-refractivity contribution >= 4 is 11.6 Å². The summed E-state index contributed by atoms with van der Waals surface area (Å²) in [7, 11) is 0. The first kappa shape index (κ1) is 13.5. The molecular formula is C15H6F4O2. The largest absolute Gasteiger partial charge is 0.294 e. The van der Waals surface area contributed by atoms with Crippen LogP contribution in [0.4, 0.5) is 17.6 Å². The maximum absolute atomic E-state index is 13.3. The Labute approximate surface area is 116 Å². The van der Waals surface area contributed by atoms with Crippen LogP contribution in [0.2, 0.25) is 0 Å². The predicted octanol–water partition coefficient (Wildman–Crippen LogP) is 3.21. The van der Waals surface area contributed by atoms with Gasteiger partial charge in [-0.1, -0.05) is 0 Å². The van der Waals surface area contributed by atoms with E-state index in [0.29, 0.717) is 18.2 Å². The van der Waals surface area contributed by atoms with E-state index < -0.39 is 41.3 Å². The highest BCUT2D eigenvalue weighted by atomic mass is 19.2. The summed E-state index contributed by atoms with van der Waals surface area (Å²) in [5.41, 5.74) is -0.896. The maximum atomic E-state index is 13.3. The highest BCUT2D eigenvalue weighted by molar-refractivity contribution is 6.19. The molecule has 0 radical (unpaired) electrons. The van der Waals surface area contributed by atoms with Crippen LogP contribution in [0.5, 0.6) is 0 Å². The minimum absolute atomic E-state index is 0.0130. The summed E-state index contributed by atoms with van der Waals surface area (Å²) in [5.74, 6) is -6.51. The number of ketones is 2. The first-order valence-electron chi connectivity index (χ1n) is 5.93. The lowest BCUT2D eigenvalue weighted by Gasteiger charge is -2.06. The second-order valence-electron chi connectivity index (χ2n) is 4.66. The summed E-state index contributed by atoms with van der Waals surface area (Å²) in [6, 6.07) is 2.64. The number of halogens is 4. The van der Waals surface area contributed by atoms with Gasteiger partial charge in [-0.2, -0.15) is 0 Å². The third-order valence-electron chi connectivity index (χ3n) is 3.35. The van der Waals surface area contributed by atoms with Gasteiger partial charge in [0.25, 0.3) is 0 Å². The fraction of sp³-hybridized carbons (Fsp3) is 0.0667. The van der Waals surface area contributed by atoms with Gasteiger partial charge in [-0.05, 0) is 29.8 Å². The van der Waals surface area contributed by atoms with Gasteiger partial charge in [-0.3, -0.25) is 9.59 Å². The predicted molar refractivity (Wildman–Crippen MR) is 64.2 cm³/mol. The molecule has 0 unspecified atom stereocenters. The van der Waals surface area contributed by atoms with Crippen LogP contribution >= 0.6 is 0 Å². The van der Waals surface area contributed by atoms with Crippen LogP contribution in [0.3, 0.4) is 0 Å². The van der Waals surface area contributed by atoms with Gasteiger partial charge < -0.3 is 0 Å². The number of carbonyl (C=O) groups is 2. The third-order valence-corrected chi connectivity index (χ3v) is 3.35. The zero-order valence-corrected chi connectivity index (χ0v) is 10.3. The molecule has 3 rings (SSSR count). The molecule has 106 valence electrons. The molecule has 0 spiro atoms. The van der Waals surface area contributed by atoms with Crippen molar-refractivity contribution in [3.63, 3.8) is 0 Å². The lowest BCUT2D eigenvalue weighted by atomic mass is 9.98. The van der Waals surface area contributed by atoms with E-state index in [1.165, 1.54) is 0 Å². The van der Waals surface area contributed by atoms with Gasteiger partial charge in [0.05, 0.1) is 0 Å². The van der Waals surface area contributed by atoms with E-state index in [4.69, 9.17) is 0 Å². The highest BCUT2D eigenvalue weighted by Crippen LogP contribution is 2.27. The van der Waals surface area contributed by atoms with Crippen LogP contribution in [0.25, 0.3) is 0 Å². The molecule has 0 N–H and O–H groups in total. The van der Waals surface area contributed by atoms with Crippen LogP contribution in [0, 0.1) is 23.3 Å². The quantitative estimate of drug-likeness (QED) is 0.699. The fourth-order valence-electron chi connectivity index (χ4n) is 2.32. The van der Waals surface area contributed by atoms with Gasteiger partial charge in [-0.25, -0.2) is 17.6 Å². The normalized spacial score (nSPS) is 13.7. The lowest BCUT2D eigenvalue weighted by molar-refractivity contribution is 0.0984. The van der Waals surface area contributed by atoms with Gasteiger partial charge >= 0.3 is 0 Å². The minimum atomic E-state index is -1.29. The number of Topliss-reactive ketones (excluding diaryl/α,β-unsaturated/α-hetero) is 1. The Morgan fingerprint density at radius 1 is 0.667 bits per heavy atom. The molecule has 0 saturated carbocycles. The van der Waals surface area contributed by atoms with Crippen molar-refractivity contribution in [1.29, 1.82) is 0 Å². The first-order valence-corrected chi connectivity index (χ1v) is 5.93. The number of hydrogen-bond acceptors (Lipinski definition) is 2. The number of carbonyl (C=O) groups excluding carboxylic acids is 2. The van der Waals surface area contributed by atoms with E-state index >= 15 is 0 Å². The molecule has 0 saturated heterocycles. The number of hydrogen-bond donors (Lipinski definition) is 0. The lowest BCUT2D eigenvalue weighted by Crippen LogP contribution is -2.08. The monoisotopic (exact) mass is 294 g/mol. The standard InChI is InChI=1S/C15H6F4O2/c16-10-1-6-2-14(20)8-4-12(18)13(19)5-9(8)15(21)7(6)3-11(10)17/h1,3-5H,2H2. The van der Waals surface area contributed by atoms with Crippen molar-refractivity contribution in [3.8, 4) is 0 Å². The summed E-state index contributed by atoms with van der Waals surface area (Å²) >= 11 is 0. The summed E-state index contributed by atoms with van der Waals surface area (Å²) in [6.07, 6.45) is -0.393. The summed E-state index contributed by atoms with van der Waals surface area (Å²) in [4.78, 5) is 24.3. The van der Waals surface area contributed by atoms with Gasteiger partial charge in [0.2, 0.25) is 0 Å². The SMILES string of the molecule is O=C1Cc2cc(F)c(F)cc2C(=O)c2cc(F)c(F)cc21. The molecule has 1 aliphatic carbocycles. The third kappa shape index (κ3) is 2.03.